The lowest BCUT2D eigenvalue weighted by molar-refractivity contribution is 0.330. The quantitative estimate of drug-likeness (QED) is 0.798. The molecular formula is C12H17BrClNO2S2. The fourth-order valence-electron chi connectivity index (χ4n) is 2.52. The highest BCUT2D eigenvalue weighted by molar-refractivity contribution is 9.11. The van der Waals surface area contributed by atoms with E-state index in [1.54, 1.807) is 6.07 Å². The van der Waals surface area contributed by atoms with Gasteiger partial charge in [0.25, 0.3) is 0 Å². The van der Waals surface area contributed by atoms with Crippen molar-refractivity contribution in [3.8, 4) is 0 Å². The molecule has 0 aliphatic heterocycles. The summed E-state index contributed by atoms with van der Waals surface area (Å²) in [5, 5.41) is 0. The van der Waals surface area contributed by atoms with Crippen LogP contribution >= 0.6 is 38.9 Å². The highest BCUT2D eigenvalue weighted by Crippen LogP contribution is 2.31. The molecule has 1 N–H and O–H groups in total. The second-order valence-electron chi connectivity index (χ2n) is 4.98. The van der Waals surface area contributed by atoms with Gasteiger partial charge in [0.05, 0.1) is 8.68 Å². The number of nitrogens with one attached hydrogen (secondary N) is 1. The SMILES string of the molecule is Cc1sc(Br)cc1S(=O)(=O)NC1CCCC(CCl)C1. The lowest BCUT2D eigenvalue weighted by Crippen LogP contribution is -2.38. The zero-order valence-corrected chi connectivity index (χ0v) is 14.6. The predicted molar refractivity (Wildman–Crippen MR) is 83.5 cm³/mol. The molecule has 0 bridgehead atoms. The molecule has 2 unspecified atom stereocenters. The van der Waals surface area contributed by atoms with E-state index in [1.165, 1.54) is 11.3 Å². The van der Waals surface area contributed by atoms with Crippen LogP contribution in [-0.4, -0.2) is 20.3 Å². The Morgan fingerprint density at radius 2 is 2.26 bits per heavy atom. The van der Waals surface area contributed by atoms with E-state index >= 15 is 0 Å². The van der Waals surface area contributed by atoms with E-state index in [0.29, 0.717) is 16.7 Å². The Labute approximate surface area is 131 Å². The van der Waals surface area contributed by atoms with Crippen LogP contribution in [0, 0.1) is 12.8 Å². The van der Waals surface area contributed by atoms with Crippen molar-refractivity contribution in [3.05, 3.63) is 14.7 Å². The van der Waals surface area contributed by atoms with Crippen LogP contribution in [0.15, 0.2) is 14.7 Å². The number of sulfonamides is 1. The van der Waals surface area contributed by atoms with Gasteiger partial charge < -0.3 is 0 Å². The van der Waals surface area contributed by atoms with Crippen LogP contribution in [0.4, 0.5) is 0 Å². The molecule has 2 atom stereocenters. The smallest absolute Gasteiger partial charge is 0.208 e. The molecule has 0 amide bonds. The summed E-state index contributed by atoms with van der Waals surface area (Å²) in [5.74, 6) is 1.04. The molecule has 0 spiro atoms. The first-order valence-corrected chi connectivity index (χ1v) is 9.89. The minimum Gasteiger partial charge on any atom is -0.208 e. The summed E-state index contributed by atoms with van der Waals surface area (Å²) in [6.45, 7) is 1.83. The number of rotatable bonds is 4. The minimum absolute atomic E-state index is 0.0144. The lowest BCUT2D eigenvalue weighted by Gasteiger charge is -2.28. The van der Waals surface area contributed by atoms with Crippen LogP contribution in [0.2, 0.25) is 0 Å². The van der Waals surface area contributed by atoms with Crippen LogP contribution in [0.3, 0.4) is 0 Å². The van der Waals surface area contributed by atoms with Gasteiger partial charge in [0.1, 0.15) is 0 Å². The summed E-state index contributed by atoms with van der Waals surface area (Å²) in [6, 6.07) is 1.69. The highest BCUT2D eigenvalue weighted by Gasteiger charge is 2.27. The van der Waals surface area contributed by atoms with Crippen LogP contribution in [0.5, 0.6) is 0 Å². The second-order valence-corrected chi connectivity index (χ2v) is 9.60. The molecule has 108 valence electrons. The molecular weight excluding hydrogens is 370 g/mol. The zero-order valence-electron chi connectivity index (χ0n) is 10.7. The van der Waals surface area contributed by atoms with Crippen molar-refractivity contribution >= 4 is 48.9 Å². The fourth-order valence-corrected chi connectivity index (χ4v) is 6.50. The van der Waals surface area contributed by atoms with Gasteiger partial charge in [0.15, 0.2) is 0 Å². The maximum atomic E-state index is 12.4. The molecule has 1 aromatic rings. The maximum Gasteiger partial charge on any atom is 0.241 e. The summed E-state index contributed by atoms with van der Waals surface area (Å²) < 4.78 is 28.4. The molecule has 0 radical (unpaired) electrons. The second kappa shape index (κ2) is 6.43. The van der Waals surface area contributed by atoms with E-state index in [9.17, 15) is 8.42 Å². The average Bonchev–Trinajstić information content (AvgIpc) is 2.69. The molecule has 3 nitrogen and oxygen atoms in total. The van der Waals surface area contributed by atoms with Crippen LogP contribution in [-0.2, 0) is 10.0 Å². The third-order valence-electron chi connectivity index (χ3n) is 3.45. The van der Waals surface area contributed by atoms with Crippen molar-refractivity contribution in [2.45, 2.75) is 43.5 Å². The van der Waals surface area contributed by atoms with Gasteiger partial charge in [-0.25, -0.2) is 13.1 Å². The van der Waals surface area contributed by atoms with Crippen molar-refractivity contribution in [2.24, 2.45) is 5.92 Å². The largest absolute Gasteiger partial charge is 0.241 e. The number of halogens is 2. The fraction of sp³-hybridized carbons (Fsp3) is 0.667. The molecule has 1 aliphatic carbocycles. The minimum atomic E-state index is -3.41. The predicted octanol–water partition coefficient (Wildman–Crippen LogP) is 3.89. The third-order valence-corrected chi connectivity index (χ3v) is 7.22. The van der Waals surface area contributed by atoms with Gasteiger partial charge in [-0.15, -0.1) is 22.9 Å². The first kappa shape index (κ1) is 15.8. The average molecular weight is 387 g/mol. The van der Waals surface area contributed by atoms with Gasteiger partial charge in [-0.1, -0.05) is 6.42 Å². The molecule has 0 saturated heterocycles. The molecule has 1 aliphatic rings. The molecule has 7 heteroatoms. The van der Waals surface area contributed by atoms with E-state index in [-0.39, 0.29) is 6.04 Å². The lowest BCUT2D eigenvalue weighted by atomic mass is 9.87. The maximum absolute atomic E-state index is 12.4. The van der Waals surface area contributed by atoms with E-state index in [2.05, 4.69) is 20.7 Å². The normalized spacial score (nSPS) is 24.6. The number of aryl methyl sites for hydroxylation is 1. The van der Waals surface area contributed by atoms with Gasteiger partial charge in [-0.2, -0.15) is 0 Å². The van der Waals surface area contributed by atoms with Crippen molar-refractivity contribution in [1.82, 2.24) is 4.72 Å². The van der Waals surface area contributed by atoms with Crippen molar-refractivity contribution in [1.29, 1.82) is 0 Å². The van der Waals surface area contributed by atoms with Crippen LogP contribution in [0.25, 0.3) is 0 Å². The number of hydrogen-bond acceptors (Lipinski definition) is 3. The van der Waals surface area contributed by atoms with E-state index in [4.69, 9.17) is 11.6 Å². The molecule has 0 aromatic carbocycles. The van der Waals surface area contributed by atoms with Gasteiger partial charge in [-0.05, 0) is 54.1 Å². The molecule has 2 rings (SSSR count). The van der Waals surface area contributed by atoms with Gasteiger partial charge in [0, 0.05) is 16.8 Å². The van der Waals surface area contributed by atoms with Gasteiger partial charge >= 0.3 is 0 Å². The Morgan fingerprint density at radius 1 is 1.53 bits per heavy atom. The van der Waals surface area contributed by atoms with Crippen molar-refractivity contribution in [3.63, 3.8) is 0 Å². The summed E-state index contributed by atoms with van der Waals surface area (Å²) >= 11 is 10.7. The summed E-state index contributed by atoms with van der Waals surface area (Å²) in [6.07, 6.45) is 3.88. The number of thiophene rings is 1. The first-order chi connectivity index (χ1) is 8.92. The standard InChI is InChI=1S/C12H17BrClNO2S2/c1-8-11(6-12(13)18-8)19(16,17)15-10-4-2-3-9(5-10)7-14/h6,9-10,15H,2-5,7H2,1H3. The van der Waals surface area contributed by atoms with E-state index in [0.717, 1.165) is 34.3 Å². The van der Waals surface area contributed by atoms with Gasteiger partial charge in [-0.3, -0.25) is 0 Å². The van der Waals surface area contributed by atoms with Crippen molar-refractivity contribution in [2.75, 3.05) is 5.88 Å². The third kappa shape index (κ3) is 3.94. The molecule has 1 heterocycles. The van der Waals surface area contributed by atoms with Crippen molar-refractivity contribution < 1.29 is 8.42 Å². The first-order valence-electron chi connectivity index (χ1n) is 6.26. The monoisotopic (exact) mass is 385 g/mol. The number of hydrogen-bond donors (Lipinski definition) is 1. The molecule has 1 saturated carbocycles. The molecule has 19 heavy (non-hydrogen) atoms. The van der Waals surface area contributed by atoms with Crippen LogP contribution < -0.4 is 4.72 Å². The summed E-state index contributed by atoms with van der Waals surface area (Å²) in [7, 11) is -3.41. The van der Waals surface area contributed by atoms with Gasteiger partial charge in [0.2, 0.25) is 10.0 Å². The number of alkyl halides is 1. The summed E-state index contributed by atoms with van der Waals surface area (Å²) in [4.78, 5) is 1.20. The Hall–Kier alpha value is 0.380. The molecule has 1 aromatic heterocycles. The topological polar surface area (TPSA) is 46.2 Å². The Morgan fingerprint density at radius 3 is 2.84 bits per heavy atom. The Kier molecular flexibility index (Phi) is 5.34. The highest BCUT2D eigenvalue weighted by atomic mass is 79.9. The van der Waals surface area contributed by atoms with E-state index < -0.39 is 10.0 Å². The molecule has 1 fully saturated rings. The van der Waals surface area contributed by atoms with Crippen LogP contribution in [0.1, 0.15) is 30.6 Å². The summed E-state index contributed by atoms with van der Waals surface area (Å²) in [5.41, 5.74) is 0. The Bertz CT molecular complexity index is 544. The van der Waals surface area contributed by atoms with E-state index in [1.807, 2.05) is 6.92 Å². The Balaban J connectivity index is 2.11. The zero-order chi connectivity index (χ0) is 14.0.